The van der Waals surface area contributed by atoms with Gasteiger partial charge in [0.05, 0.1) is 0 Å². The molecule has 0 fully saturated rings. The van der Waals surface area contributed by atoms with E-state index in [9.17, 15) is 0 Å². The van der Waals surface area contributed by atoms with Crippen LogP contribution in [0, 0.1) is 0 Å². The highest BCUT2D eigenvalue weighted by Gasteiger charge is 2.08. The molecule has 0 N–H and O–H groups in total. The molecule has 13 heavy (non-hydrogen) atoms. The highest BCUT2D eigenvalue weighted by Crippen LogP contribution is 2.06. The summed E-state index contributed by atoms with van der Waals surface area (Å²) in [7, 11) is 0. The van der Waals surface area contributed by atoms with Crippen LogP contribution in [-0.2, 0) is 0 Å². The molecule has 0 aliphatic carbocycles. The van der Waals surface area contributed by atoms with E-state index in [2.05, 4.69) is 18.7 Å². The van der Waals surface area contributed by atoms with Crippen LogP contribution in [0.3, 0.4) is 0 Å². The third-order valence-electron chi connectivity index (χ3n) is 1.95. The molecule has 0 rings (SSSR count). The lowest BCUT2D eigenvalue weighted by atomic mass is 10.2. The van der Waals surface area contributed by atoms with Crippen molar-refractivity contribution in [1.29, 1.82) is 0 Å². The average molecular weight is 224 g/mol. The zero-order chi connectivity index (χ0) is 10.3. The molecule has 0 aliphatic heterocycles. The molecular weight excluding hydrogens is 205 g/mol. The highest BCUT2D eigenvalue weighted by molar-refractivity contribution is 6.25. The molecule has 0 aromatic rings. The van der Waals surface area contributed by atoms with Crippen LogP contribution in [0.15, 0.2) is 11.1 Å². The molecule has 0 saturated heterocycles. The number of halogens is 2. The molecule has 0 radical (unpaired) electrons. The van der Waals surface area contributed by atoms with Crippen LogP contribution in [0.4, 0.5) is 0 Å². The molecule has 0 atom stereocenters. The van der Waals surface area contributed by atoms with Crippen LogP contribution in [0.2, 0.25) is 0 Å². The van der Waals surface area contributed by atoms with Gasteiger partial charge in [-0.2, -0.15) is 0 Å². The lowest BCUT2D eigenvalue weighted by Gasteiger charge is -2.26. The zero-order valence-electron chi connectivity index (χ0n) is 8.69. The molecule has 1 nitrogen and oxygen atoms in total. The quantitative estimate of drug-likeness (QED) is 0.624. The van der Waals surface area contributed by atoms with Crippen molar-refractivity contribution in [3.63, 3.8) is 0 Å². The van der Waals surface area contributed by atoms with Gasteiger partial charge in [0.1, 0.15) is 0 Å². The van der Waals surface area contributed by atoms with Crippen LogP contribution in [0.25, 0.3) is 0 Å². The smallest absolute Gasteiger partial charge is 0.0235 e. The molecule has 0 amide bonds. The summed E-state index contributed by atoms with van der Waals surface area (Å²) in [5.74, 6) is 0.729. The van der Waals surface area contributed by atoms with E-state index in [1.54, 1.807) is 5.54 Å². The van der Waals surface area contributed by atoms with Crippen LogP contribution in [-0.4, -0.2) is 29.9 Å². The highest BCUT2D eigenvalue weighted by atomic mass is 35.5. The number of hydrogen-bond acceptors (Lipinski definition) is 1. The third-order valence-corrected chi connectivity index (χ3v) is 2.59. The molecule has 0 heterocycles. The first-order chi connectivity index (χ1) is 6.11. The summed E-state index contributed by atoms with van der Waals surface area (Å²) in [4.78, 5) is 2.37. The second kappa shape index (κ2) is 7.66. The minimum absolute atomic E-state index is 0.551. The summed E-state index contributed by atoms with van der Waals surface area (Å²) >= 11 is 11.3. The molecule has 3 heteroatoms. The van der Waals surface area contributed by atoms with E-state index in [0.29, 0.717) is 6.04 Å². The van der Waals surface area contributed by atoms with Crippen molar-refractivity contribution >= 4 is 23.2 Å². The predicted octanol–water partition coefficient (Wildman–Crippen LogP) is 3.47. The van der Waals surface area contributed by atoms with Gasteiger partial charge in [-0.3, -0.25) is 4.90 Å². The number of rotatable bonds is 6. The van der Waals surface area contributed by atoms with Crippen LogP contribution >= 0.6 is 23.2 Å². The van der Waals surface area contributed by atoms with Crippen molar-refractivity contribution in [2.45, 2.75) is 33.2 Å². The minimum atomic E-state index is 0.551. The van der Waals surface area contributed by atoms with Gasteiger partial charge in [-0.25, -0.2) is 0 Å². The fourth-order valence-electron chi connectivity index (χ4n) is 1.14. The zero-order valence-corrected chi connectivity index (χ0v) is 10.2. The van der Waals surface area contributed by atoms with E-state index in [-0.39, 0.29) is 0 Å². The summed E-state index contributed by atoms with van der Waals surface area (Å²) in [5, 5.41) is 0. The Morgan fingerprint density at radius 2 is 2.08 bits per heavy atom. The monoisotopic (exact) mass is 223 g/mol. The summed E-state index contributed by atoms with van der Waals surface area (Å²) in [5.41, 5.74) is 2.85. The van der Waals surface area contributed by atoms with Gasteiger partial charge >= 0.3 is 0 Å². The van der Waals surface area contributed by atoms with E-state index in [0.717, 1.165) is 25.4 Å². The SMILES string of the molecule is CC(=CCl)CN(CCCCl)C(C)C. The van der Waals surface area contributed by atoms with Crippen molar-refractivity contribution in [1.82, 2.24) is 4.90 Å². The average Bonchev–Trinajstić information content (AvgIpc) is 2.11. The molecule has 0 aliphatic rings. The Hall–Kier alpha value is 0.280. The maximum absolute atomic E-state index is 5.65. The van der Waals surface area contributed by atoms with Gasteiger partial charge in [0.25, 0.3) is 0 Å². The van der Waals surface area contributed by atoms with Gasteiger partial charge in [-0.15, -0.1) is 11.6 Å². The van der Waals surface area contributed by atoms with Gasteiger partial charge in [0, 0.05) is 24.0 Å². The molecule has 78 valence electrons. The molecule has 0 unspecified atom stereocenters. The predicted molar refractivity (Wildman–Crippen MR) is 61.7 cm³/mol. The molecule has 0 aromatic carbocycles. The lowest BCUT2D eigenvalue weighted by Crippen LogP contribution is -2.33. The van der Waals surface area contributed by atoms with Crippen molar-refractivity contribution < 1.29 is 0 Å². The summed E-state index contributed by atoms with van der Waals surface area (Å²) in [6, 6.07) is 0.551. The Bertz CT molecular complexity index is 155. The molecular formula is C10H19Cl2N. The number of hydrogen-bond donors (Lipinski definition) is 0. The molecule has 0 spiro atoms. The maximum Gasteiger partial charge on any atom is 0.0235 e. The van der Waals surface area contributed by atoms with Gasteiger partial charge in [-0.05, 0) is 39.3 Å². The van der Waals surface area contributed by atoms with Crippen molar-refractivity contribution in [2.24, 2.45) is 0 Å². The fraction of sp³-hybridized carbons (Fsp3) is 0.800. The topological polar surface area (TPSA) is 3.24 Å². The third kappa shape index (κ3) is 6.36. The fourth-order valence-corrected chi connectivity index (χ4v) is 1.33. The van der Waals surface area contributed by atoms with E-state index < -0.39 is 0 Å². The number of nitrogens with zero attached hydrogens (tertiary/aromatic N) is 1. The molecule has 0 bridgehead atoms. The van der Waals surface area contributed by atoms with Crippen LogP contribution < -0.4 is 0 Å². The second-order valence-corrected chi connectivity index (χ2v) is 4.16. The van der Waals surface area contributed by atoms with E-state index in [1.807, 2.05) is 6.92 Å². The standard InChI is InChI=1S/C10H19Cl2N/c1-9(2)13(6-4-5-11)8-10(3)7-12/h7,9H,4-6,8H2,1-3H3. The van der Waals surface area contributed by atoms with E-state index in [4.69, 9.17) is 23.2 Å². The van der Waals surface area contributed by atoms with E-state index >= 15 is 0 Å². The first-order valence-corrected chi connectivity index (χ1v) is 5.64. The second-order valence-electron chi connectivity index (χ2n) is 3.56. The van der Waals surface area contributed by atoms with E-state index in [1.165, 1.54) is 5.57 Å². The summed E-state index contributed by atoms with van der Waals surface area (Å²) in [6.45, 7) is 8.41. The van der Waals surface area contributed by atoms with Gasteiger partial charge in [0.2, 0.25) is 0 Å². The Morgan fingerprint density at radius 3 is 2.46 bits per heavy atom. The summed E-state index contributed by atoms with van der Waals surface area (Å²) < 4.78 is 0. The largest absolute Gasteiger partial charge is 0.297 e. The Labute approximate surface area is 91.7 Å². The van der Waals surface area contributed by atoms with Crippen molar-refractivity contribution in [2.75, 3.05) is 19.0 Å². The van der Waals surface area contributed by atoms with Crippen molar-refractivity contribution in [3.8, 4) is 0 Å². The normalized spacial score (nSPS) is 13.0. The first kappa shape index (κ1) is 13.3. The number of alkyl halides is 1. The Balaban J connectivity index is 3.94. The Kier molecular flexibility index (Phi) is 7.83. The molecule has 0 saturated carbocycles. The summed E-state index contributed by atoms with van der Waals surface area (Å²) in [6.07, 6.45) is 1.04. The van der Waals surface area contributed by atoms with Gasteiger partial charge in [-0.1, -0.05) is 11.6 Å². The molecule has 0 aromatic heterocycles. The van der Waals surface area contributed by atoms with Crippen LogP contribution in [0.1, 0.15) is 27.2 Å². The lowest BCUT2D eigenvalue weighted by molar-refractivity contribution is 0.242. The van der Waals surface area contributed by atoms with Crippen molar-refractivity contribution in [3.05, 3.63) is 11.1 Å². The van der Waals surface area contributed by atoms with Gasteiger partial charge < -0.3 is 0 Å². The maximum atomic E-state index is 5.65. The minimum Gasteiger partial charge on any atom is -0.297 e. The first-order valence-electron chi connectivity index (χ1n) is 4.67. The van der Waals surface area contributed by atoms with Gasteiger partial charge in [0.15, 0.2) is 0 Å². The van der Waals surface area contributed by atoms with Crippen LogP contribution in [0.5, 0.6) is 0 Å². The Morgan fingerprint density at radius 1 is 1.46 bits per heavy atom.